The summed E-state index contributed by atoms with van der Waals surface area (Å²) in [4.78, 5) is 25.5. The Morgan fingerprint density at radius 3 is 2.62 bits per heavy atom. The van der Waals surface area contributed by atoms with Crippen LogP contribution < -0.4 is 14.9 Å². The topological polar surface area (TPSA) is 95.6 Å². The maximum Gasteiger partial charge on any atom is 0.266 e. The summed E-state index contributed by atoms with van der Waals surface area (Å²) in [6.07, 6.45) is -0.534. The first-order valence-electron chi connectivity index (χ1n) is 10.0. The van der Waals surface area contributed by atoms with Crippen molar-refractivity contribution >= 4 is 62.1 Å². The Bertz CT molecular complexity index is 1420. The summed E-state index contributed by atoms with van der Waals surface area (Å²) in [7, 11) is -4.43. The van der Waals surface area contributed by atoms with Crippen molar-refractivity contribution in [2.24, 2.45) is 0 Å². The van der Waals surface area contributed by atoms with E-state index in [1.165, 1.54) is 36.4 Å². The summed E-state index contributed by atoms with van der Waals surface area (Å²) < 4.78 is 42.0. The highest BCUT2D eigenvalue weighted by Crippen LogP contribution is 2.39. The Kier molecular flexibility index (Phi) is 6.53. The predicted octanol–water partition coefficient (Wildman–Crippen LogP) is 4.99. The lowest BCUT2D eigenvalue weighted by Gasteiger charge is -2.36. The first-order chi connectivity index (χ1) is 16.1. The second kappa shape index (κ2) is 9.25. The monoisotopic (exact) mass is 521 g/mol. The number of fused-ring (bicyclic) bond motifs is 1. The number of nitrogens with zero attached hydrogens (tertiary/aromatic N) is 1. The number of rotatable bonds is 5. The van der Waals surface area contributed by atoms with Crippen molar-refractivity contribution in [2.45, 2.75) is 24.3 Å². The van der Waals surface area contributed by atoms with Gasteiger partial charge in [0.05, 0.1) is 22.8 Å². The number of hydrogen-bond donors (Lipinski definition) is 2. The second-order valence-electron chi connectivity index (χ2n) is 7.61. The maximum atomic E-state index is 13.7. The third-order valence-electron chi connectivity index (χ3n) is 5.27. The van der Waals surface area contributed by atoms with Gasteiger partial charge in [-0.1, -0.05) is 41.4 Å². The summed E-state index contributed by atoms with van der Waals surface area (Å²) in [6, 6.07) is 12.7. The van der Waals surface area contributed by atoms with Gasteiger partial charge in [0.2, 0.25) is 11.8 Å². The van der Waals surface area contributed by atoms with Crippen molar-refractivity contribution < 1.29 is 22.4 Å². The van der Waals surface area contributed by atoms with Gasteiger partial charge in [0.1, 0.15) is 16.8 Å². The first-order valence-corrected chi connectivity index (χ1v) is 12.2. The fourth-order valence-corrected chi connectivity index (χ4v) is 5.99. The van der Waals surface area contributed by atoms with Gasteiger partial charge in [-0.05, 0) is 55.0 Å². The molecule has 4 rings (SSSR count). The number of aryl methyl sites for hydroxylation is 1. The molecule has 2 N–H and O–H groups in total. The summed E-state index contributed by atoms with van der Waals surface area (Å²) in [5.41, 5.74) is 1.24. The van der Waals surface area contributed by atoms with Gasteiger partial charge >= 0.3 is 0 Å². The van der Waals surface area contributed by atoms with Gasteiger partial charge in [-0.15, -0.1) is 0 Å². The van der Waals surface area contributed by atoms with Gasteiger partial charge < -0.3 is 10.6 Å². The molecule has 1 aliphatic rings. The van der Waals surface area contributed by atoms with Crippen LogP contribution in [0.1, 0.15) is 12.0 Å². The van der Waals surface area contributed by atoms with Crippen LogP contribution in [-0.2, 0) is 19.6 Å². The molecule has 0 saturated carbocycles. The minimum Gasteiger partial charge on any atom is -0.326 e. The van der Waals surface area contributed by atoms with E-state index < -0.39 is 40.1 Å². The highest BCUT2D eigenvalue weighted by molar-refractivity contribution is 7.93. The number of benzene rings is 3. The summed E-state index contributed by atoms with van der Waals surface area (Å²) >= 11 is 12.2. The molecule has 34 heavy (non-hydrogen) atoms. The second-order valence-corrected chi connectivity index (χ2v) is 10.2. The van der Waals surface area contributed by atoms with Crippen LogP contribution in [0, 0.1) is 12.7 Å². The van der Waals surface area contributed by atoms with Crippen molar-refractivity contribution in [1.29, 1.82) is 0 Å². The molecule has 0 saturated heterocycles. The minimum atomic E-state index is -4.43. The number of carbonyl (C=O) groups excluding carboxylic acids is 2. The first kappa shape index (κ1) is 24.0. The average molecular weight is 522 g/mol. The fraction of sp³-hybridized carbons (Fsp3) is 0.130. The molecule has 2 amide bonds. The number of amides is 2. The zero-order chi connectivity index (χ0) is 24.6. The minimum absolute atomic E-state index is 0.0913. The molecule has 1 unspecified atom stereocenters. The van der Waals surface area contributed by atoms with Crippen molar-refractivity contribution in [1.82, 2.24) is 0 Å². The van der Waals surface area contributed by atoms with E-state index in [0.29, 0.717) is 5.56 Å². The fourth-order valence-electron chi connectivity index (χ4n) is 3.62. The van der Waals surface area contributed by atoms with Crippen LogP contribution in [-0.4, -0.2) is 26.3 Å². The average Bonchev–Trinajstić information content (AvgIpc) is 2.78. The molecule has 0 radical (unpaired) electrons. The van der Waals surface area contributed by atoms with E-state index in [4.69, 9.17) is 23.2 Å². The largest absolute Gasteiger partial charge is 0.326 e. The highest BCUT2D eigenvalue weighted by atomic mass is 35.5. The molecular weight excluding hydrogens is 504 g/mol. The highest BCUT2D eigenvalue weighted by Gasteiger charge is 2.42. The summed E-state index contributed by atoms with van der Waals surface area (Å²) in [6.45, 7) is 1.68. The quantitative estimate of drug-likeness (QED) is 0.494. The normalized spacial score (nSPS) is 15.5. The van der Waals surface area contributed by atoms with E-state index in [1.54, 1.807) is 25.1 Å². The van der Waals surface area contributed by atoms with Gasteiger partial charge in [0, 0.05) is 10.7 Å². The lowest BCUT2D eigenvalue weighted by atomic mass is 10.1. The number of nitrogens with one attached hydrogen (secondary N) is 2. The van der Waals surface area contributed by atoms with Crippen LogP contribution in [0.3, 0.4) is 0 Å². The Balaban J connectivity index is 1.76. The molecule has 7 nitrogen and oxygen atoms in total. The van der Waals surface area contributed by atoms with Crippen LogP contribution in [0.15, 0.2) is 65.6 Å². The molecule has 3 aromatic carbocycles. The number of halogens is 3. The van der Waals surface area contributed by atoms with E-state index in [1.807, 2.05) is 0 Å². The number of para-hydroxylation sites is 2. The third-order valence-corrected chi connectivity index (χ3v) is 7.81. The SMILES string of the molecule is Cc1ccc(F)cc1NC(=O)CC1C(=O)Nc2ccccc2N1S(=O)(=O)c1cc(Cl)ccc1Cl. The van der Waals surface area contributed by atoms with E-state index in [0.717, 1.165) is 10.4 Å². The van der Waals surface area contributed by atoms with Crippen LogP contribution in [0.2, 0.25) is 10.0 Å². The molecule has 0 fully saturated rings. The molecule has 1 atom stereocenters. The van der Waals surface area contributed by atoms with Gasteiger partial charge in [-0.3, -0.25) is 13.9 Å². The Hall–Kier alpha value is -3.14. The lowest BCUT2D eigenvalue weighted by molar-refractivity contribution is -0.122. The standard InChI is InChI=1S/C23H18Cl2FN3O4S/c1-13-6-8-15(26)11-18(13)27-22(30)12-20-23(31)28-17-4-2-3-5-19(17)29(20)34(32,33)21-10-14(24)7-9-16(21)25/h2-11,20H,12H2,1H3,(H,27,30)(H,28,31). The molecule has 3 aromatic rings. The molecule has 0 aliphatic carbocycles. The number of hydrogen-bond acceptors (Lipinski definition) is 4. The van der Waals surface area contributed by atoms with Gasteiger partial charge in [-0.25, -0.2) is 12.8 Å². The predicted molar refractivity (Wildman–Crippen MR) is 129 cm³/mol. The number of carbonyl (C=O) groups is 2. The molecular formula is C23H18Cl2FN3O4S. The van der Waals surface area contributed by atoms with E-state index in [2.05, 4.69) is 10.6 Å². The zero-order valence-corrected chi connectivity index (χ0v) is 20.0. The Morgan fingerprint density at radius 1 is 1.12 bits per heavy atom. The van der Waals surface area contributed by atoms with Gasteiger partial charge in [-0.2, -0.15) is 0 Å². The van der Waals surface area contributed by atoms with E-state index >= 15 is 0 Å². The van der Waals surface area contributed by atoms with Crippen molar-refractivity contribution in [3.8, 4) is 0 Å². The van der Waals surface area contributed by atoms with E-state index in [-0.39, 0.29) is 32.0 Å². The molecule has 0 aromatic heterocycles. The summed E-state index contributed by atoms with van der Waals surface area (Å²) in [5, 5.41) is 5.22. The Morgan fingerprint density at radius 2 is 1.85 bits per heavy atom. The van der Waals surface area contributed by atoms with Gasteiger partial charge in [0.25, 0.3) is 10.0 Å². The molecule has 11 heteroatoms. The van der Waals surface area contributed by atoms with Gasteiger partial charge in [0.15, 0.2) is 0 Å². The third kappa shape index (κ3) is 4.59. The van der Waals surface area contributed by atoms with Crippen LogP contribution in [0.4, 0.5) is 21.5 Å². The Labute approximate surface area is 205 Å². The number of sulfonamides is 1. The molecule has 0 spiro atoms. The molecule has 0 bridgehead atoms. The van der Waals surface area contributed by atoms with E-state index in [9.17, 15) is 22.4 Å². The van der Waals surface area contributed by atoms with Crippen molar-refractivity contribution in [2.75, 3.05) is 14.9 Å². The molecule has 1 aliphatic heterocycles. The molecule has 176 valence electrons. The molecule has 1 heterocycles. The summed E-state index contributed by atoms with van der Waals surface area (Å²) in [5.74, 6) is -1.93. The smallest absolute Gasteiger partial charge is 0.266 e. The van der Waals surface area contributed by atoms with Crippen molar-refractivity contribution in [3.63, 3.8) is 0 Å². The van der Waals surface area contributed by atoms with Crippen LogP contribution in [0.25, 0.3) is 0 Å². The number of anilines is 3. The zero-order valence-electron chi connectivity index (χ0n) is 17.7. The maximum absolute atomic E-state index is 13.7. The van der Waals surface area contributed by atoms with Crippen LogP contribution in [0.5, 0.6) is 0 Å². The van der Waals surface area contributed by atoms with Crippen molar-refractivity contribution in [3.05, 3.63) is 82.1 Å². The van der Waals surface area contributed by atoms with Crippen LogP contribution >= 0.6 is 23.2 Å². The lowest BCUT2D eigenvalue weighted by Crippen LogP contribution is -2.52.